The summed E-state index contributed by atoms with van der Waals surface area (Å²) in [5.74, 6) is -2.21. The number of amides is 4. The molecular weight excluding hydrogens is 849 g/mol. The number of nitrogens with one attached hydrogen (secondary N) is 2. The van der Waals surface area contributed by atoms with E-state index in [1.807, 2.05) is 107 Å². The molecule has 4 rings (SSSR count). The summed E-state index contributed by atoms with van der Waals surface area (Å²) in [4.78, 5) is 78.4. The van der Waals surface area contributed by atoms with Gasteiger partial charge in [-0.15, -0.1) is 4.99 Å². The first kappa shape index (κ1) is 53.4. The number of hydrogen-bond donors (Lipinski definition) is 3. The van der Waals surface area contributed by atoms with E-state index in [1.54, 1.807) is 34.1 Å². The van der Waals surface area contributed by atoms with Crippen LogP contribution in [-0.4, -0.2) is 90.4 Å². The van der Waals surface area contributed by atoms with E-state index in [2.05, 4.69) is 36.4 Å². The van der Waals surface area contributed by atoms with Crippen molar-refractivity contribution in [3.8, 4) is 0 Å². The van der Waals surface area contributed by atoms with E-state index >= 15 is 0 Å². The Balaban J connectivity index is 1.67. The molecule has 1 aliphatic heterocycles. The molecule has 0 saturated carbocycles. The highest BCUT2D eigenvalue weighted by Gasteiger charge is 2.45. The molecule has 0 aliphatic carbocycles. The Bertz CT molecular complexity index is 2090. The van der Waals surface area contributed by atoms with E-state index < -0.39 is 42.2 Å². The molecule has 2 unspecified atom stereocenters. The van der Waals surface area contributed by atoms with Gasteiger partial charge in [0, 0.05) is 30.4 Å². The maximum atomic E-state index is 14.9. The monoisotopic (exact) mass is 923 g/mol. The van der Waals surface area contributed by atoms with Crippen LogP contribution in [0.25, 0.3) is 0 Å². The molecule has 0 bridgehead atoms. The van der Waals surface area contributed by atoms with Gasteiger partial charge >= 0.3 is 18.2 Å². The van der Waals surface area contributed by atoms with E-state index in [9.17, 15) is 29.1 Å². The normalized spacial score (nSPS) is 17.0. The van der Waals surface area contributed by atoms with Gasteiger partial charge in [-0.2, -0.15) is 0 Å². The second-order valence-electron chi connectivity index (χ2n) is 18.6. The number of aliphatic imine (C=N–C) groups is 1. The Morgan fingerprint density at radius 2 is 1.42 bits per heavy atom. The third kappa shape index (κ3) is 16.6. The lowest BCUT2D eigenvalue weighted by molar-refractivity contribution is -0.145. The third-order valence-electron chi connectivity index (χ3n) is 11.8. The maximum Gasteiger partial charge on any atom is 0.436 e. The molecule has 3 aromatic carbocycles. The van der Waals surface area contributed by atoms with Gasteiger partial charge in [0.05, 0.1) is 18.9 Å². The van der Waals surface area contributed by atoms with Crippen molar-refractivity contribution in [3.05, 3.63) is 103 Å². The van der Waals surface area contributed by atoms with Crippen molar-refractivity contribution in [2.24, 2.45) is 22.2 Å². The average molecular weight is 923 g/mol. The number of hydrogen-bond acceptors (Lipinski definition) is 8. The highest BCUT2D eigenvalue weighted by Crippen LogP contribution is 2.32. The molecule has 0 radical (unpaired) electrons. The predicted molar refractivity (Wildman–Crippen MR) is 266 cm³/mol. The number of ether oxygens (including phenoxy) is 2. The summed E-state index contributed by atoms with van der Waals surface area (Å²) in [6.45, 7) is 16.9. The summed E-state index contributed by atoms with van der Waals surface area (Å²) < 4.78 is 11.3. The van der Waals surface area contributed by atoms with Gasteiger partial charge in [-0.1, -0.05) is 122 Å². The van der Waals surface area contributed by atoms with Gasteiger partial charge in [-0.25, -0.2) is 19.3 Å². The highest BCUT2D eigenvalue weighted by molar-refractivity contribution is 6.21. The minimum Gasteiger partial charge on any atom is -0.480 e. The van der Waals surface area contributed by atoms with Crippen molar-refractivity contribution < 1.29 is 38.6 Å². The minimum absolute atomic E-state index is 0.00156. The molecule has 0 aromatic heterocycles. The SMILES string of the molecule is C/C=C1/CN(C(=O)[C@H](CCCCN(C(=NC(=O)OCCCC)N(C(=O)OCCCC)c2ccccc2)c2ccccc2)Nc2ccccc2)[C@H](C(=O)NC(CC(C)CC(C)(C)C)C(=O)O)[C@@H]1C. The quantitative estimate of drug-likeness (QED) is 0.0381. The summed E-state index contributed by atoms with van der Waals surface area (Å²) >= 11 is 0. The fourth-order valence-corrected chi connectivity index (χ4v) is 8.52. The predicted octanol–water partition coefficient (Wildman–Crippen LogP) is 10.7. The van der Waals surface area contributed by atoms with Crippen LogP contribution in [0.1, 0.15) is 113 Å². The van der Waals surface area contributed by atoms with Crippen LogP contribution in [0.4, 0.5) is 26.7 Å². The Labute approximate surface area is 398 Å². The molecule has 1 heterocycles. The van der Waals surface area contributed by atoms with Crippen molar-refractivity contribution >= 4 is 53.0 Å². The van der Waals surface area contributed by atoms with E-state index in [0.29, 0.717) is 43.5 Å². The number of unbranched alkanes of at least 4 members (excludes halogenated alkanes) is 3. The number of guanidine groups is 1. The van der Waals surface area contributed by atoms with Gasteiger partial charge in [0.2, 0.25) is 17.8 Å². The Hall–Kier alpha value is -6.18. The van der Waals surface area contributed by atoms with E-state index in [0.717, 1.165) is 30.5 Å². The number of likely N-dealkylation sites (tertiary alicyclic amines) is 1. The number of allylic oxidation sites excluding steroid dienone is 1. The van der Waals surface area contributed by atoms with Gasteiger partial charge in [0.1, 0.15) is 18.1 Å². The fraction of sp³-hybridized carbons (Fsp3) is 0.509. The standard InChI is InChI=1S/C53H74N6O8/c1-9-12-33-66-51(64)56-50(59(43-29-21-16-22-30-43)52(65)67-34-13-10-2)57(42-27-19-15-20-28-42)32-24-23-31-44(54-41-25-17-14-18-26-41)48(61)58-37-40(11-3)39(5)46(58)47(60)55-45(49(62)63)35-38(4)36-53(6,7)8/h11,14-22,25-30,38-39,44-46,54H,9-10,12-13,23-24,31-37H2,1-8H3,(H,55,60)(H,62,63)/b40-11-,56-50?/t38?,39-,44+,45?,46+/m1/s1. The third-order valence-corrected chi connectivity index (χ3v) is 11.8. The van der Waals surface area contributed by atoms with Crippen LogP contribution in [0.5, 0.6) is 0 Å². The highest BCUT2D eigenvalue weighted by atomic mass is 16.6. The van der Waals surface area contributed by atoms with Crippen molar-refractivity contribution in [2.45, 2.75) is 131 Å². The van der Waals surface area contributed by atoms with Crippen LogP contribution in [-0.2, 0) is 23.9 Å². The number of aliphatic carboxylic acids is 1. The van der Waals surface area contributed by atoms with Crippen LogP contribution in [0, 0.1) is 17.3 Å². The van der Waals surface area contributed by atoms with Gasteiger partial charge in [0.25, 0.3) is 0 Å². The summed E-state index contributed by atoms with van der Waals surface area (Å²) in [6.07, 6.45) is 5.64. The Morgan fingerprint density at radius 1 is 0.836 bits per heavy atom. The molecule has 5 atom stereocenters. The fourth-order valence-electron chi connectivity index (χ4n) is 8.52. The van der Waals surface area contributed by atoms with Gasteiger partial charge < -0.3 is 35.0 Å². The molecule has 364 valence electrons. The van der Waals surface area contributed by atoms with E-state index in [-0.39, 0.29) is 61.8 Å². The first-order valence-corrected chi connectivity index (χ1v) is 24.0. The van der Waals surface area contributed by atoms with Crippen LogP contribution in [0.15, 0.2) is 108 Å². The summed E-state index contributed by atoms with van der Waals surface area (Å²) in [7, 11) is 0. The van der Waals surface area contributed by atoms with Crippen molar-refractivity contribution in [2.75, 3.05) is 41.4 Å². The van der Waals surface area contributed by atoms with Crippen LogP contribution in [0.3, 0.4) is 0 Å². The number of para-hydroxylation sites is 3. The molecular formula is C53H74N6O8. The molecule has 14 heteroatoms. The van der Waals surface area contributed by atoms with E-state index in [1.165, 1.54) is 4.90 Å². The number of anilines is 3. The number of carboxylic acids is 1. The first-order valence-electron chi connectivity index (χ1n) is 24.0. The largest absolute Gasteiger partial charge is 0.480 e. The Morgan fingerprint density at radius 3 is 1.99 bits per heavy atom. The second-order valence-corrected chi connectivity index (χ2v) is 18.6. The zero-order valence-electron chi connectivity index (χ0n) is 40.9. The molecule has 1 saturated heterocycles. The number of carbonyl (C=O) groups is 5. The first-order chi connectivity index (χ1) is 32.1. The zero-order chi connectivity index (χ0) is 48.9. The maximum absolute atomic E-state index is 14.9. The Kier molecular flexibility index (Phi) is 21.4. The van der Waals surface area contributed by atoms with Gasteiger partial charge in [-0.3, -0.25) is 9.59 Å². The number of rotatable bonds is 22. The molecule has 67 heavy (non-hydrogen) atoms. The topological polar surface area (TPSA) is 170 Å². The number of benzene rings is 3. The molecule has 3 N–H and O–H groups in total. The van der Waals surface area contributed by atoms with Crippen LogP contribution in [0.2, 0.25) is 0 Å². The smallest absolute Gasteiger partial charge is 0.436 e. The van der Waals surface area contributed by atoms with Crippen molar-refractivity contribution in [1.29, 1.82) is 0 Å². The van der Waals surface area contributed by atoms with Crippen LogP contribution >= 0.6 is 0 Å². The number of nitrogens with zero attached hydrogens (tertiary/aromatic N) is 4. The summed E-state index contributed by atoms with van der Waals surface area (Å²) in [5, 5.41) is 16.5. The molecule has 3 aromatic rings. The van der Waals surface area contributed by atoms with Crippen molar-refractivity contribution in [3.63, 3.8) is 0 Å². The number of carbonyl (C=O) groups excluding carboxylic acids is 4. The molecule has 0 spiro atoms. The van der Waals surface area contributed by atoms with E-state index in [4.69, 9.17) is 9.47 Å². The lowest BCUT2D eigenvalue weighted by Crippen LogP contribution is -2.55. The molecule has 1 fully saturated rings. The van der Waals surface area contributed by atoms with Gasteiger partial charge in [0.15, 0.2) is 0 Å². The van der Waals surface area contributed by atoms with Crippen LogP contribution < -0.4 is 20.4 Å². The second kappa shape index (κ2) is 26.8. The zero-order valence-corrected chi connectivity index (χ0v) is 40.9. The lowest BCUT2D eigenvalue weighted by Gasteiger charge is -2.33. The summed E-state index contributed by atoms with van der Waals surface area (Å²) in [5.41, 5.74) is 2.72. The molecule has 14 nitrogen and oxygen atoms in total. The average Bonchev–Trinajstić information content (AvgIpc) is 3.64. The molecule has 1 aliphatic rings. The molecule has 4 amide bonds. The number of carboxylic acid groups (broad SMARTS) is 1. The van der Waals surface area contributed by atoms with Gasteiger partial charge in [-0.05, 0) is 105 Å². The van der Waals surface area contributed by atoms with Crippen molar-refractivity contribution in [1.82, 2.24) is 10.2 Å². The minimum atomic E-state index is -1.11. The summed E-state index contributed by atoms with van der Waals surface area (Å²) in [6, 6.07) is 24.8. The lowest BCUT2D eigenvalue weighted by atomic mass is 9.83.